The minimum atomic E-state index is -4.74. The Hall–Kier alpha value is -0.780. The molecule has 2 aliphatic rings. The summed E-state index contributed by atoms with van der Waals surface area (Å²) in [6.07, 6.45) is -2.65. The van der Waals surface area contributed by atoms with Gasteiger partial charge in [-0.2, -0.15) is 13.2 Å². The molecule has 92 valence electrons. The van der Waals surface area contributed by atoms with E-state index in [9.17, 15) is 18.0 Å². The maximum atomic E-state index is 12.4. The highest BCUT2D eigenvalue weighted by Gasteiger charge is 2.57. The van der Waals surface area contributed by atoms with Crippen molar-refractivity contribution in [3.63, 3.8) is 0 Å². The second-order valence-electron chi connectivity index (χ2n) is 4.62. The van der Waals surface area contributed by atoms with Crippen molar-refractivity contribution in [1.82, 2.24) is 10.2 Å². The third-order valence-corrected chi connectivity index (χ3v) is 3.50. The van der Waals surface area contributed by atoms with Crippen molar-refractivity contribution >= 4 is 5.91 Å². The summed E-state index contributed by atoms with van der Waals surface area (Å²) in [5.41, 5.74) is -0.543. The van der Waals surface area contributed by atoms with Gasteiger partial charge in [-0.05, 0) is 19.3 Å². The highest BCUT2D eigenvalue weighted by molar-refractivity contribution is 5.83. The summed E-state index contributed by atoms with van der Waals surface area (Å²) < 4.78 is 37.3. The number of carbonyl (C=O) groups excluding carboxylic acids is 1. The Labute approximate surface area is 92.0 Å². The Bertz CT molecular complexity index is 299. The molecule has 0 bridgehead atoms. The van der Waals surface area contributed by atoms with Crippen molar-refractivity contribution < 1.29 is 18.0 Å². The van der Waals surface area contributed by atoms with Crippen LogP contribution in [-0.2, 0) is 4.79 Å². The van der Waals surface area contributed by atoms with E-state index in [1.165, 1.54) is 0 Å². The third-order valence-electron chi connectivity index (χ3n) is 3.50. The molecular weight excluding hydrogens is 221 g/mol. The van der Waals surface area contributed by atoms with E-state index in [1.54, 1.807) is 0 Å². The molecule has 1 saturated heterocycles. The van der Waals surface area contributed by atoms with Gasteiger partial charge in [0.05, 0.1) is 5.54 Å². The van der Waals surface area contributed by atoms with Gasteiger partial charge in [-0.3, -0.25) is 4.79 Å². The van der Waals surface area contributed by atoms with Crippen LogP contribution in [0.1, 0.15) is 26.2 Å². The number of halogens is 3. The fourth-order valence-corrected chi connectivity index (χ4v) is 2.22. The van der Waals surface area contributed by atoms with Crippen molar-refractivity contribution in [3.8, 4) is 0 Å². The lowest BCUT2D eigenvalue weighted by Crippen LogP contribution is -2.62. The van der Waals surface area contributed by atoms with Gasteiger partial charge in [0.2, 0.25) is 0 Å². The van der Waals surface area contributed by atoms with Gasteiger partial charge in [-0.1, -0.05) is 6.92 Å². The molecule has 0 unspecified atom stereocenters. The first-order valence-electron chi connectivity index (χ1n) is 5.51. The standard InChI is InChI=1S/C10H15F3N2O/c1-2-7-5-15(8(16)10(11,12)13)9(3-4-9)6-14-7/h7,14H,2-6H2,1H3/t7-/m1/s1. The van der Waals surface area contributed by atoms with Crippen LogP contribution in [-0.4, -0.2) is 41.7 Å². The maximum Gasteiger partial charge on any atom is 0.471 e. The molecule has 0 radical (unpaired) electrons. The smallest absolute Gasteiger partial charge is 0.326 e. The van der Waals surface area contributed by atoms with E-state index in [2.05, 4.69) is 5.32 Å². The molecule has 1 aliphatic carbocycles. The van der Waals surface area contributed by atoms with E-state index in [0.717, 1.165) is 11.3 Å². The molecule has 16 heavy (non-hydrogen) atoms. The van der Waals surface area contributed by atoms with Gasteiger partial charge >= 0.3 is 12.1 Å². The number of rotatable bonds is 1. The highest BCUT2D eigenvalue weighted by atomic mass is 19.4. The summed E-state index contributed by atoms with van der Waals surface area (Å²) in [7, 11) is 0. The van der Waals surface area contributed by atoms with Gasteiger partial charge in [-0.25, -0.2) is 0 Å². The normalized spacial score (nSPS) is 28.2. The van der Waals surface area contributed by atoms with Crippen LogP contribution in [0.4, 0.5) is 13.2 Å². The zero-order chi connectivity index (χ0) is 12.0. The zero-order valence-corrected chi connectivity index (χ0v) is 9.10. The molecule has 1 amide bonds. The van der Waals surface area contributed by atoms with Crippen LogP contribution in [0.2, 0.25) is 0 Å². The number of hydrogen-bond donors (Lipinski definition) is 1. The van der Waals surface area contributed by atoms with E-state index in [4.69, 9.17) is 0 Å². The van der Waals surface area contributed by atoms with Crippen molar-refractivity contribution in [2.45, 2.75) is 43.9 Å². The molecule has 1 N–H and O–H groups in total. The van der Waals surface area contributed by atoms with Crippen LogP contribution in [0.3, 0.4) is 0 Å². The second-order valence-corrected chi connectivity index (χ2v) is 4.62. The van der Waals surface area contributed by atoms with Crippen molar-refractivity contribution in [3.05, 3.63) is 0 Å². The second kappa shape index (κ2) is 3.61. The lowest BCUT2D eigenvalue weighted by Gasteiger charge is -2.41. The van der Waals surface area contributed by atoms with Crippen LogP contribution in [0.5, 0.6) is 0 Å². The molecule has 1 saturated carbocycles. The number of hydrogen-bond acceptors (Lipinski definition) is 2. The monoisotopic (exact) mass is 236 g/mol. The highest BCUT2D eigenvalue weighted by Crippen LogP contribution is 2.44. The van der Waals surface area contributed by atoms with Crippen LogP contribution in [0.15, 0.2) is 0 Å². The molecule has 3 nitrogen and oxygen atoms in total. The Kier molecular flexibility index (Phi) is 2.64. The van der Waals surface area contributed by atoms with Gasteiger partial charge in [-0.15, -0.1) is 0 Å². The molecule has 0 aromatic heterocycles. The molecule has 0 aromatic rings. The van der Waals surface area contributed by atoms with E-state index in [1.807, 2.05) is 6.92 Å². The van der Waals surface area contributed by atoms with E-state index in [-0.39, 0.29) is 12.6 Å². The summed E-state index contributed by atoms with van der Waals surface area (Å²) in [6, 6.07) is -0.0162. The average Bonchev–Trinajstić information content (AvgIpc) is 2.97. The maximum absolute atomic E-state index is 12.4. The first kappa shape index (κ1) is 11.7. The largest absolute Gasteiger partial charge is 0.471 e. The number of nitrogens with zero attached hydrogens (tertiary/aromatic N) is 1. The molecule has 2 rings (SSSR count). The van der Waals surface area contributed by atoms with E-state index < -0.39 is 17.6 Å². The lowest BCUT2D eigenvalue weighted by molar-refractivity contribution is -0.190. The Morgan fingerprint density at radius 2 is 2.12 bits per heavy atom. The molecule has 0 aromatic carbocycles. The number of carbonyl (C=O) groups is 1. The quantitative estimate of drug-likeness (QED) is 0.744. The Morgan fingerprint density at radius 1 is 1.50 bits per heavy atom. The van der Waals surface area contributed by atoms with Gasteiger partial charge in [0.1, 0.15) is 0 Å². The minimum Gasteiger partial charge on any atom is -0.326 e. The number of nitrogens with one attached hydrogen (secondary N) is 1. The number of piperazine rings is 1. The Morgan fingerprint density at radius 3 is 2.56 bits per heavy atom. The minimum absolute atomic E-state index is 0.0162. The molecule has 2 fully saturated rings. The van der Waals surface area contributed by atoms with Crippen molar-refractivity contribution in [1.29, 1.82) is 0 Å². The van der Waals surface area contributed by atoms with E-state index >= 15 is 0 Å². The van der Waals surface area contributed by atoms with Gasteiger partial charge in [0.15, 0.2) is 0 Å². The molecule has 1 atom stereocenters. The van der Waals surface area contributed by atoms with Crippen LogP contribution >= 0.6 is 0 Å². The molecule has 1 spiro atoms. The predicted octanol–water partition coefficient (Wildman–Crippen LogP) is 1.29. The molecule has 6 heteroatoms. The van der Waals surface area contributed by atoms with Crippen LogP contribution < -0.4 is 5.32 Å². The van der Waals surface area contributed by atoms with Crippen molar-refractivity contribution in [2.75, 3.05) is 13.1 Å². The SMILES string of the molecule is CC[C@@H]1CN(C(=O)C(F)(F)F)C2(CC2)CN1. The lowest BCUT2D eigenvalue weighted by atomic mass is 10.1. The van der Waals surface area contributed by atoms with Gasteiger partial charge in [0, 0.05) is 19.1 Å². The third kappa shape index (κ3) is 1.90. The van der Waals surface area contributed by atoms with Crippen LogP contribution in [0, 0.1) is 0 Å². The fraction of sp³-hybridized carbons (Fsp3) is 0.900. The number of alkyl halides is 3. The molecule has 1 heterocycles. The zero-order valence-electron chi connectivity index (χ0n) is 9.10. The molecule has 1 aliphatic heterocycles. The average molecular weight is 236 g/mol. The summed E-state index contributed by atoms with van der Waals surface area (Å²) in [4.78, 5) is 12.3. The first-order chi connectivity index (χ1) is 7.39. The van der Waals surface area contributed by atoms with Crippen LogP contribution in [0.25, 0.3) is 0 Å². The topological polar surface area (TPSA) is 32.3 Å². The van der Waals surface area contributed by atoms with Gasteiger partial charge in [0.25, 0.3) is 0 Å². The molecular formula is C10H15F3N2O. The number of amides is 1. The summed E-state index contributed by atoms with van der Waals surface area (Å²) in [5.74, 6) is -1.68. The summed E-state index contributed by atoms with van der Waals surface area (Å²) in [6.45, 7) is 2.57. The summed E-state index contributed by atoms with van der Waals surface area (Å²) >= 11 is 0. The Balaban J connectivity index is 2.13. The summed E-state index contributed by atoms with van der Waals surface area (Å²) in [5, 5.41) is 3.20. The van der Waals surface area contributed by atoms with E-state index in [0.29, 0.717) is 19.4 Å². The predicted molar refractivity (Wildman–Crippen MR) is 51.8 cm³/mol. The fourth-order valence-electron chi connectivity index (χ4n) is 2.22. The van der Waals surface area contributed by atoms with Gasteiger partial charge < -0.3 is 10.2 Å². The first-order valence-corrected chi connectivity index (χ1v) is 5.51. The van der Waals surface area contributed by atoms with Crippen molar-refractivity contribution in [2.24, 2.45) is 0 Å².